The van der Waals surface area contributed by atoms with Crippen LogP contribution in [0.1, 0.15) is 0 Å². The molecule has 17 heavy (non-hydrogen) atoms. The van der Waals surface area contributed by atoms with Crippen molar-refractivity contribution in [2.24, 2.45) is 0 Å². The van der Waals surface area contributed by atoms with Crippen molar-refractivity contribution in [1.29, 1.82) is 0 Å². The lowest BCUT2D eigenvalue weighted by atomic mass is 10.3. The van der Waals surface area contributed by atoms with Crippen molar-refractivity contribution in [2.45, 2.75) is 0 Å². The van der Waals surface area contributed by atoms with Gasteiger partial charge in [-0.1, -0.05) is 23.2 Å². The summed E-state index contributed by atoms with van der Waals surface area (Å²) in [5.74, 6) is 0.410. The van der Waals surface area contributed by atoms with Crippen LogP contribution in [0.25, 0.3) is 0 Å². The molecule has 88 valence electrons. The number of benzene rings is 1. The maximum atomic E-state index is 10.5. The first-order valence-corrected chi connectivity index (χ1v) is 6.00. The van der Waals surface area contributed by atoms with E-state index in [1.165, 1.54) is 12.1 Å². The second-order valence-electron chi connectivity index (χ2n) is 3.03. The molecule has 0 aliphatic carbocycles. The first-order chi connectivity index (χ1) is 8.06. The monoisotopic (exact) mass is 289 g/mol. The maximum absolute atomic E-state index is 10.5. The van der Waals surface area contributed by atoms with Crippen LogP contribution in [0.2, 0.25) is 10.0 Å². The summed E-state index contributed by atoms with van der Waals surface area (Å²) in [4.78, 5) is 10.0. The molecule has 0 aliphatic heterocycles. The number of hydrogen-bond acceptors (Lipinski definition) is 4. The first-order valence-electron chi connectivity index (χ1n) is 4.43. The average molecular weight is 290 g/mol. The summed E-state index contributed by atoms with van der Waals surface area (Å²) < 4.78 is 5.42. The molecular weight excluding hydrogens is 285 g/mol. The molecule has 2 aromatic rings. The minimum absolute atomic E-state index is 0.0186. The second kappa shape index (κ2) is 4.91. The van der Waals surface area contributed by atoms with E-state index >= 15 is 0 Å². The number of hydrogen-bond donors (Lipinski definition) is 0. The number of ether oxygens (including phenoxy) is 1. The van der Waals surface area contributed by atoms with Crippen LogP contribution in [0.4, 0.5) is 5.00 Å². The summed E-state index contributed by atoms with van der Waals surface area (Å²) in [6.45, 7) is 0. The highest BCUT2D eigenvalue weighted by Crippen LogP contribution is 2.37. The van der Waals surface area contributed by atoms with Gasteiger partial charge in [0.15, 0.2) is 5.06 Å². The van der Waals surface area contributed by atoms with Gasteiger partial charge in [0.1, 0.15) is 5.75 Å². The minimum atomic E-state index is -0.471. The highest BCUT2D eigenvalue weighted by molar-refractivity contribution is 7.17. The highest BCUT2D eigenvalue weighted by atomic mass is 35.5. The van der Waals surface area contributed by atoms with Gasteiger partial charge in [0.2, 0.25) is 0 Å². The zero-order chi connectivity index (χ0) is 12.4. The predicted molar refractivity (Wildman–Crippen MR) is 67.5 cm³/mol. The summed E-state index contributed by atoms with van der Waals surface area (Å²) in [7, 11) is 0. The van der Waals surface area contributed by atoms with E-state index in [1.807, 2.05) is 0 Å². The number of nitrogens with zero attached hydrogens (tertiary/aromatic N) is 1. The molecule has 1 aromatic heterocycles. The van der Waals surface area contributed by atoms with Gasteiger partial charge >= 0.3 is 5.00 Å². The molecule has 0 saturated heterocycles. The van der Waals surface area contributed by atoms with Gasteiger partial charge in [-0.25, -0.2) is 0 Å². The summed E-state index contributed by atoms with van der Waals surface area (Å²) in [6.07, 6.45) is 0. The standard InChI is InChI=1S/C10H5Cl2NO3S/c11-6-1-2-8(7(12)5-6)16-10-4-3-9(17-10)13(14)15/h1-5H. The fraction of sp³-hybridized carbons (Fsp3) is 0. The Hall–Kier alpha value is -1.30. The Kier molecular flexibility index (Phi) is 3.51. The van der Waals surface area contributed by atoms with Crippen molar-refractivity contribution >= 4 is 39.5 Å². The third-order valence-corrected chi connectivity index (χ3v) is 3.30. The van der Waals surface area contributed by atoms with Crippen molar-refractivity contribution in [3.8, 4) is 10.8 Å². The minimum Gasteiger partial charge on any atom is -0.445 e. The van der Waals surface area contributed by atoms with Crippen LogP contribution in [-0.4, -0.2) is 4.92 Å². The fourth-order valence-electron chi connectivity index (χ4n) is 1.13. The van der Waals surface area contributed by atoms with E-state index < -0.39 is 4.92 Å². The third-order valence-electron chi connectivity index (χ3n) is 1.85. The number of nitro groups is 1. The quantitative estimate of drug-likeness (QED) is 0.605. The normalized spacial score (nSPS) is 10.2. The van der Waals surface area contributed by atoms with Crippen molar-refractivity contribution < 1.29 is 9.66 Å². The fourth-order valence-corrected chi connectivity index (χ4v) is 2.26. The molecule has 0 saturated carbocycles. The summed E-state index contributed by atoms with van der Waals surface area (Å²) in [5.41, 5.74) is 0. The SMILES string of the molecule is O=[N+]([O-])c1ccc(Oc2ccc(Cl)cc2Cl)s1. The molecule has 0 aliphatic rings. The molecular formula is C10H5Cl2NO3S. The Bertz CT molecular complexity index is 570. The zero-order valence-electron chi connectivity index (χ0n) is 8.22. The van der Waals surface area contributed by atoms with Crippen LogP contribution in [-0.2, 0) is 0 Å². The van der Waals surface area contributed by atoms with Crippen molar-refractivity contribution in [2.75, 3.05) is 0 Å². The molecule has 0 radical (unpaired) electrons. The Morgan fingerprint density at radius 2 is 2.00 bits per heavy atom. The Balaban J connectivity index is 2.22. The van der Waals surface area contributed by atoms with Crippen LogP contribution in [0, 0.1) is 10.1 Å². The molecule has 0 bridgehead atoms. The smallest absolute Gasteiger partial charge is 0.327 e. The molecule has 0 amide bonds. The van der Waals surface area contributed by atoms with Crippen molar-refractivity contribution in [1.82, 2.24) is 0 Å². The van der Waals surface area contributed by atoms with Crippen molar-refractivity contribution in [3.05, 3.63) is 50.5 Å². The van der Waals surface area contributed by atoms with E-state index in [0.29, 0.717) is 20.9 Å². The zero-order valence-corrected chi connectivity index (χ0v) is 10.6. The van der Waals surface area contributed by atoms with Gasteiger partial charge in [-0.05, 0) is 35.6 Å². The van der Waals surface area contributed by atoms with E-state index in [4.69, 9.17) is 27.9 Å². The average Bonchev–Trinajstić information content (AvgIpc) is 2.71. The van der Waals surface area contributed by atoms with Gasteiger partial charge in [-0.15, -0.1) is 0 Å². The predicted octanol–water partition coefficient (Wildman–Crippen LogP) is 4.76. The number of thiophene rings is 1. The van der Waals surface area contributed by atoms with Gasteiger partial charge < -0.3 is 4.74 Å². The van der Waals surface area contributed by atoms with Crippen LogP contribution in [0.15, 0.2) is 30.3 Å². The van der Waals surface area contributed by atoms with Crippen molar-refractivity contribution in [3.63, 3.8) is 0 Å². The molecule has 0 N–H and O–H groups in total. The van der Waals surface area contributed by atoms with Gasteiger partial charge in [-0.3, -0.25) is 10.1 Å². The summed E-state index contributed by atoms with van der Waals surface area (Å²) in [6, 6.07) is 7.68. The third kappa shape index (κ3) is 2.88. The summed E-state index contributed by atoms with van der Waals surface area (Å²) >= 11 is 12.6. The second-order valence-corrected chi connectivity index (χ2v) is 4.89. The lowest BCUT2D eigenvalue weighted by molar-refractivity contribution is -0.380. The molecule has 1 heterocycles. The Labute approximate surface area is 111 Å². The first kappa shape index (κ1) is 12.2. The lowest BCUT2D eigenvalue weighted by Crippen LogP contribution is -1.82. The number of rotatable bonds is 3. The molecule has 0 unspecified atom stereocenters. The summed E-state index contributed by atoms with van der Waals surface area (Å²) in [5, 5.41) is 11.8. The molecule has 1 aromatic carbocycles. The van der Waals surface area contributed by atoms with Crippen LogP contribution >= 0.6 is 34.5 Å². The van der Waals surface area contributed by atoms with E-state index in [9.17, 15) is 10.1 Å². The topological polar surface area (TPSA) is 52.4 Å². The van der Waals surface area contributed by atoms with Gasteiger partial charge in [0.25, 0.3) is 0 Å². The Morgan fingerprint density at radius 1 is 1.24 bits per heavy atom. The highest BCUT2D eigenvalue weighted by Gasteiger charge is 2.12. The molecule has 0 atom stereocenters. The van der Waals surface area contributed by atoms with Crippen LogP contribution in [0.5, 0.6) is 10.8 Å². The van der Waals surface area contributed by atoms with Crippen LogP contribution in [0.3, 0.4) is 0 Å². The van der Waals surface area contributed by atoms with Gasteiger partial charge in [0.05, 0.1) is 9.95 Å². The van der Waals surface area contributed by atoms with E-state index in [1.54, 1.807) is 18.2 Å². The molecule has 0 fully saturated rings. The molecule has 0 spiro atoms. The van der Waals surface area contributed by atoms with Gasteiger partial charge in [0, 0.05) is 11.1 Å². The molecule has 7 heteroatoms. The number of halogens is 2. The van der Waals surface area contributed by atoms with Crippen LogP contribution < -0.4 is 4.74 Å². The van der Waals surface area contributed by atoms with Gasteiger partial charge in [-0.2, -0.15) is 0 Å². The maximum Gasteiger partial charge on any atom is 0.327 e. The van der Waals surface area contributed by atoms with E-state index in [0.717, 1.165) is 11.3 Å². The molecule has 2 rings (SSSR count). The van der Waals surface area contributed by atoms with E-state index in [2.05, 4.69) is 0 Å². The largest absolute Gasteiger partial charge is 0.445 e. The molecule has 4 nitrogen and oxygen atoms in total. The Morgan fingerprint density at radius 3 is 2.59 bits per heavy atom. The lowest BCUT2D eigenvalue weighted by Gasteiger charge is -2.04. The van der Waals surface area contributed by atoms with E-state index in [-0.39, 0.29) is 5.00 Å².